The first-order valence-electron chi connectivity index (χ1n) is 6.08. The van der Waals surface area contributed by atoms with Crippen LogP contribution >= 0.6 is 15.9 Å². The second-order valence-corrected chi connectivity index (χ2v) is 5.46. The summed E-state index contributed by atoms with van der Waals surface area (Å²) in [5.74, 6) is -0.569. The number of nitrogens with one attached hydrogen (secondary N) is 1. The van der Waals surface area contributed by atoms with Crippen LogP contribution in [0, 0.1) is 11.7 Å². The molecule has 1 amide bonds. The summed E-state index contributed by atoms with van der Waals surface area (Å²) >= 11 is 3.08. The molecule has 2 rings (SSSR count). The lowest BCUT2D eigenvalue weighted by Crippen LogP contribution is -2.40. The van der Waals surface area contributed by atoms with Gasteiger partial charge < -0.3 is 11.1 Å². The van der Waals surface area contributed by atoms with E-state index in [1.54, 1.807) is 12.1 Å². The Morgan fingerprint density at radius 2 is 2.28 bits per heavy atom. The van der Waals surface area contributed by atoms with Gasteiger partial charge in [-0.2, -0.15) is 0 Å². The van der Waals surface area contributed by atoms with Crippen molar-refractivity contribution < 1.29 is 9.18 Å². The molecule has 2 unspecified atom stereocenters. The SMILES string of the molecule is NCC1CCCC1NC(=O)c1cccc(Br)c1F. The van der Waals surface area contributed by atoms with Crippen LogP contribution in [0.3, 0.4) is 0 Å². The largest absolute Gasteiger partial charge is 0.349 e. The van der Waals surface area contributed by atoms with E-state index in [9.17, 15) is 9.18 Å². The normalized spacial score (nSPS) is 23.1. The van der Waals surface area contributed by atoms with Gasteiger partial charge in [0.05, 0.1) is 10.0 Å². The number of rotatable bonds is 3. The van der Waals surface area contributed by atoms with Gasteiger partial charge in [0.15, 0.2) is 0 Å². The summed E-state index contributed by atoms with van der Waals surface area (Å²) < 4.78 is 14.1. The maximum atomic E-state index is 13.8. The molecule has 0 heterocycles. The Balaban J connectivity index is 2.10. The molecular weight excluding hydrogens is 299 g/mol. The number of benzene rings is 1. The van der Waals surface area contributed by atoms with E-state index in [1.165, 1.54) is 6.07 Å². The van der Waals surface area contributed by atoms with Gasteiger partial charge in [-0.15, -0.1) is 0 Å². The molecule has 0 radical (unpaired) electrons. The van der Waals surface area contributed by atoms with Crippen molar-refractivity contribution >= 4 is 21.8 Å². The number of nitrogens with two attached hydrogens (primary N) is 1. The molecule has 0 bridgehead atoms. The fourth-order valence-electron chi connectivity index (χ4n) is 2.43. The van der Waals surface area contributed by atoms with Crippen LogP contribution in [0.25, 0.3) is 0 Å². The van der Waals surface area contributed by atoms with Gasteiger partial charge >= 0.3 is 0 Å². The molecular formula is C13H16BrFN2O. The van der Waals surface area contributed by atoms with Crippen LogP contribution in [-0.2, 0) is 0 Å². The lowest BCUT2D eigenvalue weighted by molar-refractivity contribution is 0.0924. The Morgan fingerprint density at radius 1 is 1.50 bits per heavy atom. The highest BCUT2D eigenvalue weighted by Gasteiger charge is 2.28. The highest BCUT2D eigenvalue weighted by molar-refractivity contribution is 9.10. The molecule has 3 nitrogen and oxygen atoms in total. The minimum atomic E-state index is -0.516. The van der Waals surface area contributed by atoms with Crippen molar-refractivity contribution in [2.24, 2.45) is 11.7 Å². The molecule has 0 saturated heterocycles. The number of halogens is 2. The first-order valence-corrected chi connectivity index (χ1v) is 6.87. The Hall–Kier alpha value is -0.940. The van der Waals surface area contributed by atoms with E-state index in [-0.39, 0.29) is 17.5 Å². The van der Waals surface area contributed by atoms with Crippen LogP contribution in [0.5, 0.6) is 0 Å². The maximum absolute atomic E-state index is 13.8. The zero-order valence-corrected chi connectivity index (χ0v) is 11.5. The summed E-state index contributed by atoms with van der Waals surface area (Å²) in [5.41, 5.74) is 5.74. The van der Waals surface area contributed by atoms with E-state index in [4.69, 9.17) is 5.73 Å². The van der Waals surface area contributed by atoms with Crippen LogP contribution in [0.15, 0.2) is 22.7 Å². The molecule has 1 aliphatic rings. The molecule has 0 aromatic heterocycles. The molecule has 3 N–H and O–H groups in total. The second-order valence-electron chi connectivity index (χ2n) is 4.61. The van der Waals surface area contributed by atoms with Crippen molar-refractivity contribution in [3.63, 3.8) is 0 Å². The topological polar surface area (TPSA) is 55.1 Å². The number of hydrogen-bond donors (Lipinski definition) is 2. The van der Waals surface area contributed by atoms with Gasteiger partial charge in [-0.25, -0.2) is 4.39 Å². The summed E-state index contributed by atoms with van der Waals surface area (Å²) in [6.07, 6.45) is 3.01. The molecule has 18 heavy (non-hydrogen) atoms. The maximum Gasteiger partial charge on any atom is 0.254 e. The fraction of sp³-hybridized carbons (Fsp3) is 0.462. The molecule has 1 aromatic carbocycles. The number of carbonyl (C=O) groups is 1. The third-order valence-corrected chi connectivity index (χ3v) is 4.09. The van der Waals surface area contributed by atoms with E-state index in [1.807, 2.05) is 0 Å². The first-order chi connectivity index (χ1) is 8.63. The monoisotopic (exact) mass is 314 g/mol. The highest BCUT2D eigenvalue weighted by Crippen LogP contribution is 2.25. The van der Waals surface area contributed by atoms with Gasteiger partial charge in [0, 0.05) is 6.04 Å². The highest BCUT2D eigenvalue weighted by atomic mass is 79.9. The van der Waals surface area contributed by atoms with Gasteiger partial charge in [-0.1, -0.05) is 12.5 Å². The number of carbonyl (C=O) groups excluding carboxylic acids is 1. The second kappa shape index (κ2) is 5.80. The standard InChI is InChI=1S/C13H16BrFN2O/c14-10-5-2-4-9(12(10)15)13(18)17-11-6-1-3-8(11)7-16/h2,4-5,8,11H,1,3,6-7,16H2,(H,17,18). The third kappa shape index (κ3) is 2.72. The molecule has 0 spiro atoms. The minimum absolute atomic E-state index is 0.0703. The van der Waals surface area contributed by atoms with Gasteiger partial charge in [-0.05, 0) is 53.4 Å². The van der Waals surface area contributed by atoms with Crippen LogP contribution in [0.1, 0.15) is 29.6 Å². The molecule has 5 heteroatoms. The summed E-state index contributed by atoms with van der Waals surface area (Å²) in [4.78, 5) is 12.0. The Bertz CT molecular complexity index is 453. The summed E-state index contributed by atoms with van der Waals surface area (Å²) in [6, 6.07) is 4.78. The van der Waals surface area contributed by atoms with Gasteiger partial charge in [0.2, 0.25) is 0 Å². The summed E-state index contributed by atoms with van der Waals surface area (Å²) in [7, 11) is 0. The molecule has 1 fully saturated rings. The zero-order chi connectivity index (χ0) is 13.1. The van der Waals surface area contributed by atoms with E-state index in [0.29, 0.717) is 16.9 Å². The predicted molar refractivity (Wildman–Crippen MR) is 71.7 cm³/mol. The predicted octanol–water partition coefficient (Wildman–Crippen LogP) is 2.45. The van der Waals surface area contributed by atoms with Crippen LogP contribution < -0.4 is 11.1 Å². The molecule has 1 aliphatic carbocycles. The van der Waals surface area contributed by atoms with E-state index in [2.05, 4.69) is 21.2 Å². The summed E-state index contributed by atoms with van der Waals surface area (Å²) in [6.45, 7) is 0.561. The molecule has 1 saturated carbocycles. The number of amides is 1. The molecule has 0 aliphatic heterocycles. The molecule has 2 atom stereocenters. The lowest BCUT2D eigenvalue weighted by Gasteiger charge is -2.19. The average molecular weight is 315 g/mol. The molecule has 98 valence electrons. The van der Waals surface area contributed by atoms with Crippen molar-refractivity contribution in [3.8, 4) is 0 Å². The quantitative estimate of drug-likeness (QED) is 0.900. The van der Waals surface area contributed by atoms with E-state index < -0.39 is 5.82 Å². The Morgan fingerprint density at radius 3 is 3.00 bits per heavy atom. The third-order valence-electron chi connectivity index (χ3n) is 3.47. The summed E-state index contributed by atoms with van der Waals surface area (Å²) in [5, 5.41) is 2.88. The smallest absolute Gasteiger partial charge is 0.254 e. The lowest BCUT2D eigenvalue weighted by atomic mass is 10.0. The average Bonchev–Trinajstić information content (AvgIpc) is 2.79. The zero-order valence-electron chi connectivity index (χ0n) is 9.96. The van der Waals surface area contributed by atoms with Gasteiger partial charge in [0.1, 0.15) is 5.82 Å². The van der Waals surface area contributed by atoms with E-state index in [0.717, 1.165) is 19.3 Å². The van der Waals surface area contributed by atoms with Crippen molar-refractivity contribution in [1.82, 2.24) is 5.32 Å². The van der Waals surface area contributed by atoms with Gasteiger partial charge in [0.25, 0.3) is 5.91 Å². The van der Waals surface area contributed by atoms with Crippen LogP contribution in [-0.4, -0.2) is 18.5 Å². The Kier molecular flexibility index (Phi) is 4.35. The van der Waals surface area contributed by atoms with Crippen molar-refractivity contribution in [1.29, 1.82) is 0 Å². The van der Waals surface area contributed by atoms with Crippen molar-refractivity contribution in [2.75, 3.05) is 6.54 Å². The molecule has 1 aromatic rings. The number of hydrogen-bond acceptors (Lipinski definition) is 2. The fourth-order valence-corrected chi connectivity index (χ4v) is 2.80. The van der Waals surface area contributed by atoms with Gasteiger partial charge in [-0.3, -0.25) is 4.79 Å². The van der Waals surface area contributed by atoms with E-state index >= 15 is 0 Å². The van der Waals surface area contributed by atoms with Crippen molar-refractivity contribution in [3.05, 3.63) is 34.1 Å². The van der Waals surface area contributed by atoms with Crippen molar-refractivity contribution in [2.45, 2.75) is 25.3 Å². The minimum Gasteiger partial charge on any atom is -0.349 e. The Labute approximate surface area is 114 Å². The van der Waals surface area contributed by atoms with Crippen LogP contribution in [0.2, 0.25) is 0 Å². The van der Waals surface area contributed by atoms with Crippen LogP contribution in [0.4, 0.5) is 4.39 Å². The first kappa shape index (κ1) is 13.5.